The number of likely N-dealkylation sites (tertiary alicyclic amines) is 1. The van der Waals surface area contributed by atoms with E-state index in [-0.39, 0.29) is 34.6 Å². The van der Waals surface area contributed by atoms with Crippen LogP contribution in [-0.4, -0.2) is 114 Å². The molecule has 1 unspecified atom stereocenters. The van der Waals surface area contributed by atoms with Crippen molar-refractivity contribution in [1.82, 2.24) is 20.2 Å². The van der Waals surface area contributed by atoms with E-state index in [0.717, 1.165) is 5.56 Å². The summed E-state index contributed by atoms with van der Waals surface area (Å²) in [6.45, 7) is 0.503. The van der Waals surface area contributed by atoms with Crippen molar-refractivity contribution >= 4 is 88.1 Å². The number of alkyl halides is 1. The van der Waals surface area contributed by atoms with E-state index in [1.807, 2.05) is 59.5 Å². The number of hydrogen-bond donors (Lipinski definition) is 1. The maximum absolute atomic E-state index is 17.2. The van der Waals surface area contributed by atoms with Gasteiger partial charge in [0.2, 0.25) is 0 Å². The summed E-state index contributed by atoms with van der Waals surface area (Å²) in [5.41, 5.74) is -0.355. The van der Waals surface area contributed by atoms with Gasteiger partial charge in [0.1, 0.15) is 64.4 Å². The first-order valence-electron chi connectivity index (χ1n) is 12.3. The topological polar surface area (TPSA) is 58.1 Å². The molecule has 1 fully saturated rings. The van der Waals surface area contributed by atoms with Crippen molar-refractivity contribution in [2.45, 2.75) is 39.6 Å². The van der Waals surface area contributed by atoms with Gasteiger partial charge in [-0.15, -0.1) is 0 Å². The van der Waals surface area contributed by atoms with Crippen LogP contribution in [0.2, 0.25) is 10.2 Å². The molecule has 180 valence electrons. The van der Waals surface area contributed by atoms with Gasteiger partial charge in [-0.2, -0.15) is 0 Å². The maximum Gasteiger partial charge on any atom is 0.253 e. The molecule has 1 saturated heterocycles. The molecular formula is C19H30B9ClF2N4O. The molecular weight excluding hydrogens is 471 g/mol. The normalized spacial score (nSPS) is 21.7. The lowest BCUT2D eigenvalue weighted by Crippen LogP contribution is -2.76. The predicted octanol–water partition coefficient (Wildman–Crippen LogP) is -6.15. The van der Waals surface area contributed by atoms with Gasteiger partial charge in [0, 0.05) is 24.5 Å². The summed E-state index contributed by atoms with van der Waals surface area (Å²) in [6.07, 6.45) is 3.75. The molecule has 3 rings (SSSR count). The van der Waals surface area contributed by atoms with Gasteiger partial charge < -0.3 is 10.2 Å². The Labute approximate surface area is 226 Å². The fraction of sp³-hybridized carbons (Fsp3) is 0.421. The van der Waals surface area contributed by atoms with Crippen LogP contribution < -0.4 is 5.32 Å². The first-order valence-corrected chi connectivity index (χ1v) is 12.7. The number of rotatable bonds is 6. The molecule has 0 bridgehead atoms. The Bertz CT molecular complexity index is 1150. The third-order valence-electron chi connectivity index (χ3n) is 7.70. The van der Waals surface area contributed by atoms with Gasteiger partial charge in [0.15, 0.2) is 0 Å². The molecule has 1 N–H and O–H groups in total. The number of nitrogens with one attached hydrogen (secondary N) is 1. The minimum absolute atomic E-state index is 0.0471. The molecule has 2 heterocycles. The van der Waals surface area contributed by atoms with Crippen LogP contribution in [0.1, 0.15) is 28.2 Å². The third kappa shape index (κ3) is 5.50. The second-order valence-electron chi connectivity index (χ2n) is 12.8. The summed E-state index contributed by atoms with van der Waals surface area (Å²) in [7, 11) is 17.4. The Morgan fingerprint density at radius 2 is 1.69 bits per heavy atom. The van der Waals surface area contributed by atoms with E-state index >= 15 is 4.39 Å². The number of aromatic nitrogens is 2. The lowest BCUT2D eigenvalue weighted by atomic mass is 9.31. The summed E-state index contributed by atoms with van der Waals surface area (Å²) in [5, 5.41) is 0.561. The summed E-state index contributed by atoms with van der Waals surface area (Å²) in [6, 6.07) is 3.93. The van der Waals surface area contributed by atoms with E-state index in [0.29, 0.717) is 12.4 Å². The quantitative estimate of drug-likeness (QED) is 0.401. The highest BCUT2D eigenvalue weighted by Crippen LogP contribution is 2.51. The monoisotopic (exact) mass is 502 g/mol. The number of carbonyl (C=O) groups excluding carboxylic acids is 1. The molecule has 0 aliphatic carbocycles. The Kier molecular flexibility index (Phi) is 7.78. The number of carbonyl (C=O) groups is 1. The van der Waals surface area contributed by atoms with E-state index in [1.165, 1.54) is 18.2 Å². The van der Waals surface area contributed by atoms with Gasteiger partial charge in [-0.25, -0.2) is 18.7 Å². The number of nitrogens with zero attached hydrogens (tertiary/aromatic N) is 3. The van der Waals surface area contributed by atoms with Crippen molar-refractivity contribution in [2.75, 3.05) is 6.54 Å². The fourth-order valence-corrected chi connectivity index (χ4v) is 5.32. The highest BCUT2D eigenvalue weighted by Gasteiger charge is 2.61. The van der Waals surface area contributed by atoms with Crippen molar-refractivity contribution < 1.29 is 13.6 Å². The van der Waals surface area contributed by atoms with Gasteiger partial charge >= 0.3 is 0 Å². The Hall–Kier alpha value is -1.54. The lowest BCUT2D eigenvalue weighted by Gasteiger charge is -2.62. The number of piperidine rings is 1. The standard InChI is InChI=1S/C19H30B9ClF2N4O/c20-16(21)8-35(14(36)9-1-2-12(30)11(29)3-9)17(22,23)7-15(16,31)19(27,28)34-6-13-32-4-10(5-33-13)18(24,25)26/h1-5,34H,6-8,20-28H2. The van der Waals surface area contributed by atoms with Gasteiger partial charge in [-0.1, -0.05) is 16.7 Å². The molecule has 36 heavy (non-hydrogen) atoms. The number of benzene rings is 1. The summed E-state index contributed by atoms with van der Waals surface area (Å²) in [5.74, 6) is -0.285. The molecule has 1 amide bonds. The number of amides is 1. The van der Waals surface area contributed by atoms with Crippen LogP contribution in [0.5, 0.6) is 0 Å². The zero-order valence-electron chi connectivity index (χ0n) is 22.9. The van der Waals surface area contributed by atoms with Crippen LogP contribution in [0, 0.1) is 5.82 Å². The van der Waals surface area contributed by atoms with Gasteiger partial charge in [-0.05, 0) is 46.1 Å². The first kappa shape index (κ1) is 29.0. The molecule has 1 aliphatic heterocycles. The minimum atomic E-state index is -1.67. The van der Waals surface area contributed by atoms with Crippen molar-refractivity contribution in [3.05, 3.63) is 58.4 Å². The molecule has 2 aromatic rings. The minimum Gasteiger partial charge on any atom is -0.350 e. The predicted molar refractivity (Wildman–Crippen MR) is 167 cm³/mol. The molecule has 17 heteroatoms. The Morgan fingerprint density at radius 3 is 2.22 bits per heavy atom. The van der Waals surface area contributed by atoms with Crippen LogP contribution in [0.15, 0.2) is 30.6 Å². The van der Waals surface area contributed by atoms with Crippen molar-refractivity contribution in [1.29, 1.82) is 0 Å². The molecule has 0 saturated carbocycles. The van der Waals surface area contributed by atoms with Crippen molar-refractivity contribution in [3.63, 3.8) is 0 Å². The lowest BCUT2D eigenvalue weighted by molar-refractivity contribution is -0.000757. The average molecular weight is 501 g/mol. The zero-order valence-corrected chi connectivity index (χ0v) is 23.6. The highest BCUT2D eigenvalue weighted by molar-refractivity contribution is 6.58. The fourth-order valence-electron chi connectivity index (χ4n) is 5.14. The summed E-state index contributed by atoms with van der Waals surface area (Å²) in [4.78, 5) is 24.1. The van der Waals surface area contributed by atoms with Gasteiger partial charge in [-0.3, -0.25) is 4.79 Å². The largest absolute Gasteiger partial charge is 0.350 e. The van der Waals surface area contributed by atoms with Crippen molar-refractivity contribution in [3.8, 4) is 0 Å². The van der Waals surface area contributed by atoms with E-state index in [2.05, 4.69) is 38.8 Å². The molecule has 1 aromatic heterocycles. The highest BCUT2D eigenvalue weighted by atomic mass is 35.5. The zero-order chi connectivity index (χ0) is 27.3. The van der Waals surface area contributed by atoms with E-state index in [1.54, 1.807) is 4.90 Å². The molecule has 1 atom stereocenters. The molecule has 0 radical (unpaired) electrons. The van der Waals surface area contributed by atoms with Crippen molar-refractivity contribution in [2.24, 2.45) is 0 Å². The maximum atomic E-state index is 17.2. The summed E-state index contributed by atoms with van der Waals surface area (Å²) < 4.78 is 30.8. The molecule has 0 spiro atoms. The SMILES string of the molecule is BC(B)(B)c1cnc(CNC(B)(B)C2(F)CC(B)(B)N(C(=O)c3ccc(F)c(Cl)c3)CC2(B)B)nc1. The summed E-state index contributed by atoms with van der Waals surface area (Å²) >= 11 is 5.92. The average Bonchev–Trinajstić information content (AvgIpc) is 2.76. The van der Waals surface area contributed by atoms with Crippen LogP contribution in [0.3, 0.4) is 0 Å². The second kappa shape index (κ2) is 9.65. The van der Waals surface area contributed by atoms with Gasteiger partial charge in [0.25, 0.3) is 5.91 Å². The molecule has 5 nitrogen and oxygen atoms in total. The second-order valence-corrected chi connectivity index (χ2v) is 13.2. The first-order chi connectivity index (χ1) is 16.3. The molecule has 1 aliphatic rings. The Morgan fingerprint density at radius 1 is 1.11 bits per heavy atom. The number of hydrogen-bond acceptors (Lipinski definition) is 4. The molecule has 1 aromatic carbocycles. The van der Waals surface area contributed by atoms with Crippen LogP contribution in [-0.2, 0) is 11.7 Å². The van der Waals surface area contributed by atoms with Crippen LogP contribution in [0.25, 0.3) is 0 Å². The number of halogens is 3. The van der Waals surface area contributed by atoms with E-state index in [4.69, 9.17) is 11.6 Å². The third-order valence-corrected chi connectivity index (χ3v) is 7.98. The van der Waals surface area contributed by atoms with Crippen LogP contribution in [0.4, 0.5) is 8.78 Å². The smallest absolute Gasteiger partial charge is 0.253 e. The van der Waals surface area contributed by atoms with Crippen LogP contribution >= 0.6 is 11.6 Å². The van der Waals surface area contributed by atoms with E-state index < -0.39 is 27.4 Å². The van der Waals surface area contributed by atoms with E-state index in [9.17, 15) is 9.18 Å². The Balaban J connectivity index is 1.83. The van der Waals surface area contributed by atoms with Gasteiger partial charge in [0.05, 0.1) is 35.1 Å².